The SMILES string of the molecule is Cc1ccc(-c2n[nH]c(=S)n2CC(=O)Nc2ccc(F)cc2F)cc1. The molecule has 0 aliphatic rings. The average molecular weight is 360 g/mol. The highest BCUT2D eigenvalue weighted by Crippen LogP contribution is 2.19. The third-order valence-electron chi connectivity index (χ3n) is 3.57. The third-order valence-corrected chi connectivity index (χ3v) is 3.89. The Kier molecular flexibility index (Phi) is 4.71. The Morgan fingerprint density at radius 2 is 1.96 bits per heavy atom. The second kappa shape index (κ2) is 6.94. The molecular weight excluding hydrogens is 346 g/mol. The van der Waals surface area contributed by atoms with E-state index in [2.05, 4.69) is 15.5 Å². The fourth-order valence-electron chi connectivity index (χ4n) is 2.31. The highest BCUT2D eigenvalue weighted by molar-refractivity contribution is 7.71. The van der Waals surface area contributed by atoms with E-state index in [-0.39, 0.29) is 17.0 Å². The van der Waals surface area contributed by atoms with Crippen molar-refractivity contribution in [3.8, 4) is 11.4 Å². The average Bonchev–Trinajstić information content (AvgIpc) is 2.92. The van der Waals surface area contributed by atoms with Crippen LogP contribution in [0.4, 0.5) is 14.5 Å². The van der Waals surface area contributed by atoms with Gasteiger partial charge in [-0.3, -0.25) is 14.5 Å². The summed E-state index contributed by atoms with van der Waals surface area (Å²) >= 11 is 5.17. The van der Waals surface area contributed by atoms with Gasteiger partial charge in [0, 0.05) is 11.6 Å². The number of nitrogens with one attached hydrogen (secondary N) is 2. The molecule has 3 rings (SSSR count). The number of nitrogens with zero attached hydrogens (tertiary/aromatic N) is 2. The molecule has 0 radical (unpaired) electrons. The van der Waals surface area contributed by atoms with Crippen molar-refractivity contribution in [3.05, 3.63) is 64.4 Å². The van der Waals surface area contributed by atoms with Gasteiger partial charge in [-0.2, -0.15) is 5.10 Å². The summed E-state index contributed by atoms with van der Waals surface area (Å²) in [5.74, 6) is -1.56. The first-order valence-electron chi connectivity index (χ1n) is 7.41. The Morgan fingerprint density at radius 3 is 2.64 bits per heavy atom. The fourth-order valence-corrected chi connectivity index (χ4v) is 2.51. The first kappa shape index (κ1) is 17.0. The lowest BCUT2D eigenvalue weighted by Gasteiger charge is -2.09. The van der Waals surface area contributed by atoms with E-state index in [0.29, 0.717) is 11.9 Å². The molecule has 1 heterocycles. The van der Waals surface area contributed by atoms with Gasteiger partial charge in [0.05, 0.1) is 5.69 Å². The van der Waals surface area contributed by atoms with Gasteiger partial charge in [0.15, 0.2) is 10.6 Å². The summed E-state index contributed by atoms with van der Waals surface area (Å²) in [6, 6.07) is 10.5. The lowest BCUT2D eigenvalue weighted by Crippen LogP contribution is -2.20. The smallest absolute Gasteiger partial charge is 0.244 e. The minimum Gasteiger partial charge on any atom is -0.322 e. The van der Waals surface area contributed by atoms with Gasteiger partial charge >= 0.3 is 0 Å². The minimum atomic E-state index is -0.845. The van der Waals surface area contributed by atoms with Crippen molar-refractivity contribution in [1.82, 2.24) is 14.8 Å². The number of anilines is 1. The number of halogens is 2. The number of carbonyl (C=O) groups excluding carboxylic acids is 1. The van der Waals surface area contributed by atoms with Crippen LogP contribution in [0, 0.1) is 23.3 Å². The van der Waals surface area contributed by atoms with Crippen LogP contribution < -0.4 is 5.32 Å². The number of hydrogen-bond donors (Lipinski definition) is 2. The van der Waals surface area contributed by atoms with Gasteiger partial charge in [0.1, 0.15) is 18.2 Å². The number of hydrogen-bond acceptors (Lipinski definition) is 3. The van der Waals surface area contributed by atoms with Crippen LogP contribution in [0.1, 0.15) is 5.56 Å². The number of benzene rings is 2. The van der Waals surface area contributed by atoms with Crippen LogP contribution in [-0.4, -0.2) is 20.7 Å². The maximum atomic E-state index is 13.7. The zero-order valence-corrected chi connectivity index (χ0v) is 14.0. The van der Waals surface area contributed by atoms with E-state index >= 15 is 0 Å². The summed E-state index contributed by atoms with van der Waals surface area (Å²) in [6.45, 7) is 1.81. The lowest BCUT2D eigenvalue weighted by molar-refractivity contribution is -0.116. The quantitative estimate of drug-likeness (QED) is 0.695. The molecule has 3 aromatic rings. The Balaban J connectivity index is 1.83. The number of carbonyl (C=O) groups is 1. The standard InChI is InChI=1S/C17H14F2N4OS/c1-10-2-4-11(5-3-10)16-21-22-17(25)23(16)9-15(24)20-14-7-6-12(18)8-13(14)19/h2-8H,9H2,1H3,(H,20,24)(H,22,25). The Hall–Kier alpha value is -2.87. The summed E-state index contributed by atoms with van der Waals surface area (Å²) in [7, 11) is 0. The van der Waals surface area contributed by atoms with Crippen molar-refractivity contribution >= 4 is 23.8 Å². The highest BCUT2D eigenvalue weighted by atomic mass is 32.1. The number of aryl methyl sites for hydroxylation is 1. The minimum absolute atomic E-state index is 0.0988. The molecule has 0 saturated heterocycles. The summed E-state index contributed by atoms with van der Waals surface area (Å²) in [6.07, 6.45) is 0. The molecule has 0 aliphatic carbocycles. The van der Waals surface area contributed by atoms with Crippen LogP contribution in [-0.2, 0) is 11.3 Å². The van der Waals surface area contributed by atoms with Crippen molar-refractivity contribution in [2.75, 3.05) is 5.32 Å². The molecule has 5 nitrogen and oxygen atoms in total. The van der Waals surface area contributed by atoms with Crippen LogP contribution in [0.15, 0.2) is 42.5 Å². The molecule has 0 bridgehead atoms. The van der Waals surface area contributed by atoms with Crippen molar-refractivity contribution in [2.24, 2.45) is 0 Å². The molecule has 0 unspecified atom stereocenters. The summed E-state index contributed by atoms with van der Waals surface area (Å²) in [5.41, 5.74) is 1.78. The Morgan fingerprint density at radius 1 is 1.24 bits per heavy atom. The van der Waals surface area contributed by atoms with Crippen molar-refractivity contribution in [1.29, 1.82) is 0 Å². The van der Waals surface area contributed by atoms with Gasteiger partial charge in [-0.15, -0.1) is 0 Å². The molecule has 0 fully saturated rings. The first-order valence-corrected chi connectivity index (χ1v) is 7.82. The van der Waals surface area contributed by atoms with E-state index < -0.39 is 17.5 Å². The molecule has 1 amide bonds. The topological polar surface area (TPSA) is 62.7 Å². The molecule has 8 heteroatoms. The molecular formula is C17H14F2N4OS. The number of amides is 1. The maximum absolute atomic E-state index is 13.7. The molecule has 128 valence electrons. The fraction of sp³-hybridized carbons (Fsp3) is 0.118. The molecule has 1 aromatic heterocycles. The van der Waals surface area contributed by atoms with Gasteiger partial charge in [0.25, 0.3) is 0 Å². The molecule has 0 atom stereocenters. The molecule has 0 saturated carbocycles. The van der Waals surface area contributed by atoms with Crippen LogP contribution in [0.25, 0.3) is 11.4 Å². The number of aromatic amines is 1. The van der Waals surface area contributed by atoms with Crippen LogP contribution in [0.5, 0.6) is 0 Å². The van der Waals surface area contributed by atoms with Crippen LogP contribution in [0.2, 0.25) is 0 Å². The first-order chi connectivity index (χ1) is 11.9. The van der Waals surface area contributed by atoms with Crippen LogP contribution in [0.3, 0.4) is 0 Å². The lowest BCUT2D eigenvalue weighted by atomic mass is 10.1. The Labute approximate surface area is 147 Å². The summed E-state index contributed by atoms with van der Waals surface area (Å²) in [4.78, 5) is 12.2. The zero-order valence-electron chi connectivity index (χ0n) is 13.2. The van der Waals surface area contributed by atoms with Gasteiger partial charge in [-0.25, -0.2) is 8.78 Å². The van der Waals surface area contributed by atoms with E-state index in [1.54, 1.807) is 0 Å². The summed E-state index contributed by atoms with van der Waals surface area (Å²) in [5, 5.41) is 9.20. The largest absolute Gasteiger partial charge is 0.322 e. The number of aromatic nitrogens is 3. The second-order valence-corrected chi connectivity index (χ2v) is 5.86. The van der Waals surface area contributed by atoms with E-state index in [0.717, 1.165) is 23.3 Å². The maximum Gasteiger partial charge on any atom is 0.244 e. The van der Waals surface area contributed by atoms with Gasteiger partial charge in [-0.05, 0) is 31.3 Å². The van der Waals surface area contributed by atoms with Crippen molar-refractivity contribution in [3.63, 3.8) is 0 Å². The van der Waals surface area contributed by atoms with Crippen molar-refractivity contribution < 1.29 is 13.6 Å². The van der Waals surface area contributed by atoms with E-state index in [1.807, 2.05) is 31.2 Å². The molecule has 0 spiro atoms. The van der Waals surface area contributed by atoms with Crippen molar-refractivity contribution in [2.45, 2.75) is 13.5 Å². The van der Waals surface area contributed by atoms with E-state index in [1.165, 1.54) is 4.57 Å². The second-order valence-electron chi connectivity index (χ2n) is 5.48. The predicted molar refractivity (Wildman–Crippen MR) is 92.6 cm³/mol. The number of rotatable bonds is 4. The molecule has 2 N–H and O–H groups in total. The molecule has 0 aliphatic heterocycles. The van der Waals surface area contributed by atoms with E-state index in [9.17, 15) is 13.6 Å². The molecule has 2 aromatic carbocycles. The summed E-state index contributed by atoms with van der Waals surface area (Å²) < 4.78 is 28.4. The van der Waals surface area contributed by atoms with Crippen LogP contribution >= 0.6 is 12.2 Å². The van der Waals surface area contributed by atoms with E-state index in [4.69, 9.17) is 12.2 Å². The predicted octanol–water partition coefficient (Wildman–Crippen LogP) is 3.83. The van der Waals surface area contributed by atoms with Gasteiger partial charge < -0.3 is 5.32 Å². The third kappa shape index (κ3) is 3.80. The number of H-pyrrole nitrogens is 1. The normalized spacial score (nSPS) is 10.7. The Bertz CT molecular complexity index is 979. The zero-order chi connectivity index (χ0) is 18.0. The van der Waals surface area contributed by atoms with Gasteiger partial charge in [0.2, 0.25) is 5.91 Å². The highest BCUT2D eigenvalue weighted by Gasteiger charge is 2.14. The monoisotopic (exact) mass is 360 g/mol. The van der Waals surface area contributed by atoms with Gasteiger partial charge in [-0.1, -0.05) is 29.8 Å². The molecule has 25 heavy (non-hydrogen) atoms.